The van der Waals surface area contributed by atoms with Crippen LogP contribution in [0, 0.1) is 5.82 Å². The molecule has 0 aliphatic carbocycles. The van der Waals surface area contributed by atoms with Crippen molar-refractivity contribution in [3.05, 3.63) is 35.6 Å². The Hall–Kier alpha value is -1.62. The van der Waals surface area contributed by atoms with Crippen LogP contribution in [-0.4, -0.2) is 48.1 Å². The van der Waals surface area contributed by atoms with E-state index in [9.17, 15) is 9.18 Å². The molecule has 1 N–H and O–H groups in total. The maximum absolute atomic E-state index is 12.9. The lowest BCUT2D eigenvalue weighted by molar-refractivity contribution is 0.109. The van der Waals surface area contributed by atoms with Crippen molar-refractivity contribution in [1.82, 2.24) is 15.1 Å². The number of piperidine rings is 1. The predicted molar refractivity (Wildman–Crippen MR) is 79.4 cm³/mol. The van der Waals surface area contributed by atoms with Crippen LogP contribution in [0.2, 0.25) is 0 Å². The first-order chi connectivity index (χ1) is 10.2. The summed E-state index contributed by atoms with van der Waals surface area (Å²) in [4.78, 5) is 16.2. The lowest BCUT2D eigenvalue weighted by atomic mass is 10.0. The summed E-state index contributed by atoms with van der Waals surface area (Å²) >= 11 is 0. The number of carbonyl (C=O) groups excluding carboxylic acids is 1. The molecule has 21 heavy (non-hydrogen) atoms. The fourth-order valence-electron chi connectivity index (χ4n) is 3.23. The fourth-order valence-corrected chi connectivity index (χ4v) is 3.23. The third-order valence-corrected chi connectivity index (χ3v) is 4.43. The van der Waals surface area contributed by atoms with Crippen molar-refractivity contribution in [3.63, 3.8) is 0 Å². The van der Waals surface area contributed by atoms with Crippen molar-refractivity contribution < 1.29 is 9.18 Å². The molecule has 1 aromatic carbocycles. The third kappa shape index (κ3) is 3.53. The zero-order valence-electron chi connectivity index (χ0n) is 12.2. The van der Waals surface area contributed by atoms with Crippen LogP contribution in [0.5, 0.6) is 0 Å². The van der Waals surface area contributed by atoms with Crippen molar-refractivity contribution in [2.45, 2.75) is 31.8 Å². The van der Waals surface area contributed by atoms with Gasteiger partial charge in [0.05, 0.1) is 0 Å². The van der Waals surface area contributed by atoms with Crippen LogP contribution in [0.4, 0.5) is 9.18 Å². The number of urea groups is 1. The van der Waals surface area contributed by atoms with Gasteiger partial charge in [0.25, 0.3) is 0 Å². The molecule has 2 heterocycles. The predicted octanol–water partition coefficient (Wildman–Crippen LogP) is 2.21. The Morgan fingerprint density at radius 2 is 1.86 bits per heavy atom. The first kappa shape index (κ1) is 14.3. The van der Waals surface area contributed by atoms with Gasteiger partial charge in [0.15, 0.2) is 0 Å². The number of nitrogens with one attached hydrogen (secondary N) is 1. The number of nitrogens with zero attached hydrogens (tertiary/aromatic N) is 2. The van der Waals surface area contributed by atoms with Gasteiger partial charge in [-0.2, -0.15) is 0 Å². The Labute approximate surface area is 124 Å². The van der Waals surface area contributed by atoms with E-state index in [0.717, 1.165) is 57.5 Å². The monoisotopic (exact) mass is 291 g/mol. The number of rotatable bonds is 3. The Bertz CT molecular complexity index is 483. The van der Waals surface area contributed by atoms with Crippen LogP contribution < -0.4 is 5.32 Å². The Morgan fingerprint density at radius 3 is 2.52 bits per heavy atom. The molecule has 2 fully saturated rings. The highest BCUT2D eigenvalue weighted by atomic mass is 19.1. The number of halogens is 1. The van der Waals surface area contributed by atoms with Crippen LogP contribution >= 0.6 is 0 Å². The molecule has 0 bridgehead atoms. The smallest absolute Gasteiger partial charge is 0.317 e. The highest BCUT2D eigenvalue weighted by Gasteiger charge is 2.29. The van der Waals surface area contributed by atoms with Gasteiger partial charge < -0.3 is 10.2 Å². The summed E-state index contributed by atoms with van der Waals surface area (Å²) < 4.78 is 12.9. The number of hydrogen-bond acceptors (Lipinski definition) is 2. The van der Waals surface area contributed by atoms with Crippen molar-refractivity contribution in [1.29, 1.82) is 0 Å². The Kier molecular flexibility index (Phi) is 4.39. The Balaban J connectivity index is 1.50. The summed E-state index contributed by atoms with van der Waals surface area (Å²) in [5, 5.41) is 2.92. The van der Waals surface area contributed by atoms with Gasteiger partial charge in [-0.1, -0.05) is 12.1 Å². The van der Waals surface area contributed by atoms with Gasteiger partial charge in [0.2, 0.25) is 0 Å². The molecule has 0 radical (unpaired) electrons. The first-order valence-electron chi connectivity index (χ1n) is 7.73. The van der Waals surface area contributed by atoms with Crippen LogP contribution in [0.15, 0.2) is 24.3 Å². The van der Waals surface area contributed by atoms with E-state index >= 15 is 0 Å². The van der Waals surface area contributed by atoms with Gasteiger partial charge >= 0.3 is 6.03 Å². The standard InChI is InChI=1S/C16H22FN3O/c17-14-4-2-13(3-5-14)12-19-10-6-15(7-11-19)20-9-1-8-18-16(20)21/h2-5,15H,1,6-12H2,(H,18,21). The molecule has 2 aliphatic rings. The number of amides is 2. The second-order valence-electron chi connectivity index (χ2n) is 5.91. The summed E-state index contributed by atoms with van der Waals surface area (Å²) in [5.74, 6) is -0.187. The number of likely N-dealkylation sites (tertiary alicyclic amines) is 1. The molecular weight excluding hydrogens is 269 g/mol. The third-order valence-electron chi connectivity index (χ3n) is 4.43. The molecule has 2 saturated heterocycles. The van der Waals surface area contributed by atoms with E-state index in [4.69, 9.17) is 0 Å². The highest BCUT2D eigenvalue weighted by Crippen LogP contribution is 2.20. The zero-order chi connectivity index (χ0) is 14.7. The summed E-state index contributed by atoms with van der Waals surface area (Å²) in [6, 6.07) is 7.19. The summed E-state index contributed by atoms with van der Waals surface area (Å²) in [7, 11) is 0. The highest BCUT2D eigenvalue weighted by molar-refractivity contribution is 5.75. The van der Waals surface area contributed by atoms with Crippen molar-refractivity contribution in [2.24, 2.45) is 0 Å². The van der Waals surface area contributed by atoms with Crippen LogP contribution in [0.25, 0.3) is 0 Å². The molecule has 0 saturated carbocycles. The average molecular weight is 291 g/mol. The minimum atomic E-state index is -0.187. The van der Waals surface area contributed by atoms with Gasteiger partial charge in [-0.05, 0) is 37.0 Å². The van der Waals surface area contributed by atoms with E-state index in [1.165, 1.54) is 12.1 Å². The maximum atomic E-state index is 12.9. The summed E-state index contributed by atoms with van der Waals surface area (Å²) in [6.45, 7) is 4.53. The Morgan fingerprint density at radius 1 is 1.14 bits per heavy atom. The fraction of sp³-hybridized carbons (Fsp3) is 0.562. The topological polar surface area (TPSA) is 35.6 Å². The SMILES string of the molecule is O=C1NCCCN1C1CCN(Cc2ccc(F)cc2)CC1. The molecule has 2 amide bonds. The van der Waals surface area contributed by atoms with Crippen LogP contribution in [-0.2, 0) is 6.54 Å². The minimum absolute atomic E-state index is 0.0956. The molecule has 4 nitrogen and oxygen atoms in total. The van der Waals surface area contributed by atoms with E-state index in [-0.39, 0.29) is 11.8 Å². The van der Waals surface area contributed by atoms with Crippen LogP contribution in [0.1, 0.15) is 24.8 Å². The first-order valence-corrected chi connectivity index (χ1v) is 7.73. The van der Waals surface area contributed by atoms with E-state index in [1.54, 1.807) is 0 Å². The second-order valence-corrected chi connectivity index (χ2v) is 5.91. The molecule has 0 atom stereocenters. The van der Waals surface area contributed by atoms with E-state index in [1.807, 2.05) is 17.0 Å². The summed E-state index contributed by atoms with van der Waals surface area (Å²) in [6.07, 6.45) is 3.09. The summed E-state index contributed by atoms with van der Waals surface area (Å²) in [5.41, 5.74) is 1.14. The molecule has 0 unspecified atom stereocenters. The number of hydrogen-bond donors (Lipinski definition) is 1. The molecular formula is C16H22FN3O. The zero-order valence-corrected chi connectivity index (χ0v) is 12.2. The van der Waals surface area contributed by atoms with Gasteiger partial charge in [-0.25, -0.2) is 9.18 Å². The lowest BCUT2D eigenvalue weighted by Crippen LogP contribution is -2.54. The molecule has 5 heteroatoms. The number of carbonyl (C=O) groups is 1. The van der Waals surface area contributed by atoms with Gasteiger partial charge in [0.1, 0.15) is 5.82 Å². The molecule has 0 spiro atoms. The lowest BCUT2D eigenvalue weighted by Gasteiger charge is -2.40. The van der Waals surface area contributed by atoms with E-state index in [2.05, 4.69) is 10.2 Å². The van der Waals surface area contributed by atoms with E-state index in [0.29, 0.717) is 6.04 Å². The van der Waals surface area contributed by atoms with E-state index < -0.39 is 0 Å². The minimum Gasteiger partial charge on any atom is -0.338 e. The van der Waals surface area contributed by atoms with Gasteiger partial charge in [0, 0.05) is 38.8 Å². The molecule has 1 aromatic rings. The maximum Gasteiger partial charge on any atom is 0.317 e. The molecule has 0 aromatic heterocycles. The second kappa shape index (κ2) is 6.43. The normalized spacial score (nSPS) is 21.4. The quantitative estimate of drug-likeness (QED) is 0.927. The van der Waals surface area contributed by atoms with Gasteiger partial charge in [-0.3, -0.25) is 4.90 Å². The average Bonchev–Trinajstić information content (AvgIpc) is 2.51. The molecule has 2 aliphatic heterocycles. The van der Waals surface area contributed by atoms with Crippen molar-refractivity contribution in [3.8, 4) is 0 Å². The molecule has 3 rings (SSSR count). The largest absolute Gasteiger partial charge is 0.338 e. The number of benzene rings is 1. The van der Waals surface area contributed by atoms with Crippen molar-refractivity contribution >= 4 is 6.03 Å². The van der Waals surface area contributed by atoms with Crippen molar-refractivity contribution in [2.75, 3.05) is 26.2 Å². The van der Waals surface area contributed by atoms with Gasteiger partial charge in [-0.15, -0.1) is 0 Å². The van der Waals surface area contributed by atoms with Crippen LogP contribution in [0.3, 0.4) is 0 Å². The molecule has 114 valence electrons.